The molecule has 0 atom stereocenters. The Bertz CT molecular complexity index is 770. The van der Waals surface area contributed by atoms with Gasteiger partial charge in [0.2, 0.25) is 0 Å². The summed E-state index contributed by atoms with van der Waals surface area (Å²) in [5.74, 6) is 2.51. The predicted octanol–water partition coefficient (Wildman–Crippen LogP) is 0.981. The SMILES string of the molecule is Cn1nc(C(=O)Nc2cccnc2N2CCSCC2)ccc1=O. The normalized spacial score (nSPS) is 14.6. The summed E-state index contributed by atoms with van der Waals surface area (Å²) in [7, 11) is 1.51. The number of carbonyl (C=O) groups is 1. The van der Waals surface area contributed by atoms with E-state index in [1.807, 2.05) is 17.8 Å². The van der Waals surface area contributed by atoms with Crippen molar-refractivity contribution in [3.8, 4) is 0 Å². The first kappa shape index (κ1) is 15.5. The maximum Gasteiger partial charge on any atom is 0.276 e. The van der Waals surface area contributed by atoms with Crippen molar-refractivity contribution in [1.82, 2.24) is 14.8 Å². The highest BCUT2D eigenvalue weighted by molar-refractivity contribution is 7.99. The molecule has 1 saturated heterocycles. The number of aryl methyl sites for hydroxylation is 1. The first-order valence-electron chi connectivity index (χ1n) is 7.28. The van der Waals surface area contributed by atoms with E-state index in [1.54, 1.807) is 12.3 Å². The standard InChI is InChI=1S/C15H17N5O2S/c1-19-13(21)5-4-12(18-19)15(22)17-11-3-2-6-16-14(11)20-7-9-23-10-8-20/h2-6H,7-10H2,1H3,(H,17,22). The molecule has 0 aromatic carbocycles. The largest absolute Gasteiger partial charge is 0.353 e. The van der Waals surface area contributed by atoms with E-state index in [1.165, 1.54) is 19.2 Å². The molecule has 1 aliphatic rings. The average molecular weight is 331 g/mol. The molecule has 8 heteroatoms. The summed E-state index contributed by atoms with van der Waals surface area (Å²) >= 11 is 1.91. The van der Waals surface area contributed by atoms with E-state index in [0.717, 1.165) is 35.1 Å². The molecule has 0 spiro atoms. The molecular weight excluding hydrogens is 314 g/mol. The van der Waals surface area contributed by atoms with Gasteiger partial charge in [0.1, 0.15) is 5.69 Å². The fourth-order valence-electron chi connectivity index (χ4n) is 2.33. The molecule has 0 radical (unpaired) electrons. The molecule has 0 saturated carbocycles. The van der Waals surface area contributed by atoms with E-state index in [2.05, 4.69) is 20.3 Å². The molecule has 2 aromatic heterocycles. The van der Waals surface area contributed by atoms with Crippen LogP contribution in [0.4, 0.5) is 11.5 Å². The second-order valence-corrected chi connectivity index (χ2v) is 6.33. The van der Waals surface area contributed by atoms with Crippen LogP contribution in [0.25, 0.3) is 0 Å². The van der Waals surface area contributed by atoms with Crippen LogP contribution in [0.15, 0.2) is 35.3 Å². The monoisotopic (exact) mass is 331 g/mol. The molecule has 7 nitrogen and oxygen atoms in total. The molecule has 1 fully saturated rings. The molecule has 1 aliphatic heterocycles. The lowest BCUT2D eigenvalue weighted by Gasteiger charge is -2.28. The third kappa shape index (κ3) is 3.53. The van der Waals surface area contributed by atoms with Crippen LogP contribution >= 0.6 is 11.8 Å². The number of amides is 1. The molecular formula is C15H17N5O2S. The summed E-state index contributed by atoms with van der Waals surface area (Å²) in [6.45, 7) is 1.81. The van der Waals surface area contributed by atoms with Crippen molar-refractivity contribution in [3.05, 3.63) is 46.5 Å². The lowest BCUT2D eigenvalue weighted by molar-refractivity contribution is 0.102. The third-order valence-corrected chi connectivity index (χ3v) is 4.48. The molecule has 0 bridgehead atoms. The zero-order chi connectivity index (χ0) is 16.2. The molecule has 2 aromatic rings. The molecule has 0 aliphatic carbocycles. The second-order valence-electron chi connectivity index (χ2n) is 5.11. The average Bonchev–Trinajstić information content (AvgIpc) is 2.58. The van der Waals surface area contributed by atoms with Gasteiger partial charge in [-0.15, -0.1) is 0 Å². The number of hydrogen-bond donors (Lipinski definition) is 1. The number of rotatable bonds is 3. The van der Waals surface area contributed by atoms with E-state index in [4.69, 9.17) is 0 Å². The highest BCUT2D eigenvalue weighted by Gasteiger charge is 2.18. The van der Waals surface area contributed by atoms with Crippen molar-refractivity contribution >= 4 is 29.2 Å². The maximum absolute atomic E-state index is 12.4. The van der Waals surface area contributed by atoms with Gasteiger partial charge in [0.05, 0.1) is 5.69 Å². The van der Waals surface area contributed by atoms with Crippen LogP contribution in [0.5, 0.6) is 0 Å². The summed E-state index contributed by atoms with van der Waals surface area (Å²) in [5, 5.41) is 6.81. The predicted molar refractivity (Wildman–Crippen MR) is 91.2 cm³/mol. The molecule has 1 N–H and O–H groups in total. The third-order valence-electron chi connectivity index (χ3n) is 3.54. The van der Waals surface area contributed by atoms with Crippen LogP contribution in [0, 0.1) is 0 Å². The van der Waals surface area contributed by atoms with Gasteiger partial charge in [-0.2, -0.15) is 16.9 Å². The first-order chi connectivity index (χ1) is 11.1. The van der Waals surface area contributed by atoms with Gasteiger partial charge >= 0.3 is 0 Å². The van der Waals surface area contributed by atoms with Gasteiger partial charge < -0.3 is 10.2 Å². The Balaban J connectivity index is 1.83. The van der Waals surface area contributed by atoms with Crippen LogP contribution in [0.2, 0.25) is 0 Å². The minimum Gasteiger partial charge on any atom is -0.353 e. The Kier molecular flexibility index (Phi) is 4.61. The highest BCUT2D eigenvalue weighted by atomic mass is 32.2. The first-order valence-corrected chi connectivity index (χ1v) is 8.44. The van der Waals surface area contributed by atoms with E-state index in [-0.39, 0.29) is 17.2 Å². The lowest BCUT2D eigenvalue weighted by Crippen LogP contribution is -2.34. The van der Waals surface area contributed by atoms with Gasteiger partial charge in [-0.05, 0) is 18.2 Å². The number of thioether (sulfide) groups is 1. The fourth-order valence-corrected chi connectivity index (χ4v) is 3.23. The highest BCUT2D eigenvalue weighted by Crippen LogP contribution is 2.25. The van der Waals surface area contributed by atoms with Crippen LogP contribution in [-0.4, -0.2) is 45.3 Å². The summed E-state index contributed by atoms with van der Waals surface area (Å²) in [5.41, 5.74) is 0.589. The molecule has 3 rings (SSSR count). The number of carbonyl (C=O) groups excluding carboxylic acids is 1. The smallest absolute Gasteiger partial charge is 0.276 e. The summed E-state index contributed by atoms with van der Waals surface area (Å²) in [6.07, 6.45) is 1.72. The van der Waals surface area contributed by atoms with Crippen LogP contribution < -0.4 is 15.8 Å². The minimum atomic E-state index is -0.360. The number of nitrogens with zero attached hydrogens (tertiary/aromatic N) is 4. The van der Waals surface area contributed by atoms with Crippen molar-refractivity contribution in [3.63, 3.8) is 0 Å². The van der Waals surface area contributed by atoms with E-state index < -0.39 is 0 Å². The number of hydrogen-bond acceptors (Lipinski definition) is 6. The summed E-state index contributed by atoms with van der Waals surface area (Å²) in [4.78, 5) is 30.3. The zero-order valence-corrected chi connectivity index (χ0v) is 13.5. The Morgan fingerprint density at radius 3 is 2.78 bits per heavy atom. The maximum atomic E-state index is 12.4. The Labute approximate surface area is 137 Å². The van der Waals surface area contributed by atoms with Gasteiger partial charge in [-0.25, -0.2) is 9.67 Å². The van der Waals surface area contributed by atoms with Gasteiger partial charge in [0, 0.05) is 43.9 Å². The van der Waals surface area contributed by atoms with Crippen LogP contribution in [0.3, 0.4) is 0 Å². The van der Waals surface area contributed by atoms with E-state index >= 15 is 0 Å². The number of pyridine rings is 1. The van der Waals surface area contributed by atoms with Crippen molar-refractivity contribution in [2.45, 2.75) is 0 Å². The van der Waals surface area contributed by atoms with Crippen molar-refractivity contribution < 1.29 is 4.79 Å². The lowest BCUT2D eigenvalue weighted by atomic mass is 10.3. The van der Waals surface area contributed by atoms with Crippen LogP contribution in [0.1, 0.15) is 10.5 Å². The molecule has 120 valence electrons. The van der Waals surface area contributed by atoms with E-state index in [0.29, 0.717) is 5.69 Å². The second kappa shape index (κ2) is 6.82. The number of nitrogens with one attached hydrogen (secondary N) is 1. The molecule has 23 heavy (non-hydrogen) atoms. The molecule has 1 amide bonds. The zero-order valence-electron chi connectivity index (χ0n) is 12.7. The van der Waals surface area contributed by atoms with Crippen molar-refractivity contribution in [2.24, 2.45) is 7.05 Å². The summed E-state index contributed by atoms with van der Waals surface area (Å²) in [6, 6.07) is 6.36. The topological polar surface area (TPSA) is 80.1 Å². The Hall–Kier alpha value is -2.35. The number of anilines is 2. The van der Waals surface area contributed by atoms with Gasteiger partial charge in [-0.1, -0.05) is 0 Å². The molecule has 3 heterocycles. The fraction of sp³-hybridized carbons (Fsp3) is 0.333. The Morgan fingerprint density at radius 2 is 2.04 bits per heavy atom. The van der Waals surface area contributed by atoms with Crippen molar-refractivity contribution in [1.29, 1.82) is 0 Å². The van der Waals surface area contributed by atoms with E-state index in [9.17, 15) is 9.59 Å². The quantitative estimate of drug-likeness (QED) is 0.903. The van der Waals surface area contributed by atoms with Gasteiger partial charge in [-0.3, -0.25) is 9.59 Å². The minimum absolute atomic E-state index is 0.191. The number of aromatic nitrogens is 3. The van der Waals surface area contributed by atoms with Crippen LogP contribution in [-0.2, 0) is 7.05 Å². The summed E-state index contributed by atoms with van der Waals surface area (Å²) < 4.78 is 1.14. The van der Waals surface area contributed by atoms with Gasteiger partial charge in [0.25, 0.3) is 11.5 Å². The van der Waals surface area contributed by atoms with Gasteiger partial charge in [0.15, 0.2) is 5.82 Å². The Morgan fingerprint density at radius 1 is 1.26 bits per heavy atom. The van der Waals surface area contributed by atoms with Crippen molar-refractivity contribution in [2.75, 3.05) is 34.8 Å². The molecule has 0 unspecified atom stereocenters.